The van der Waals surface area contributed by atoms with Crippen molar-refractivity contribution in [2.75, 3.05) is 12.4 Å². The normalized spacial score (nSPS) is 10.8. The zero-order valence-electron chi connectivity index (χ0n) is 9.74. The molecule has 0 aliphatic carbocycles. The van der Waals surface area contributed by atoms with E-state index in [1.165, 1.54) is 0 Å². The predicted octanol–water partition coefficient (Wildman–Crippen LogP) is 3.43. The van der Waals surface area contributed by atoms with Crippen molar-refractivity contribution >= 4 is 32.9 Å². The Morgan fingerprint density at radius 2 is 2.06 bits per heavy atom. The van der Waals surface area contributed by atoms with Crippen molar-refractivity contribution in [3.05, 3.63) is 40.9 Å². The zero-order valence-corrected chi connectivity index (χ0v) is 11.3. The summed E-state index contributed by atoms with van der Waals surface area (Å²) in [5, 5.41) is 3.00. The van der Waals surface area contributed by atoms with E-state index in [9.17, 15) is 0 Å². The van der Waals surface area contributed by atoms with E-state index in [2.05, 4.69) is 36.2 Å². The highest BCUT2D eigenvalue weighted by molar-refractivity contribution is 9.10. The molecule has 2 N–H and O–H groups in total. The molecule has 0 aliphatic rings. The Hall–Kier alpha value is -1.88. The van der Waals surface area contributed by atoms with Crippen LogP contribution in [-0.4, -0.2) is 22.0 Å². The van der Waals surface area contributed by atoms with E-state index in [1.54, 1.807) is 0 Å². The number of hydrogen-bond donors (Lipinski definition) is 2. The van der Waals surface area contributed by atoms with Crippen LogP contribution in [0.1, 0.15) is 0 Å². The van der Waals surface area contributed by atoms with Crippen LogP contribution < -0.4 is 5.32 Å². The number of nitrogens with zero attached hydrogens (tertiary/aromatic N) is 2. The molecule has 0 fully saturated rings. The van der Waals surface area contributed by atoms with Gasteiger partial charge in [-0.3, -0.25) is 0 Å². The number of fused-ring (bicyclic) bond motifs is 1. The quantitative estimate of drug-likeness (QED) is 0.762. The number of aromatic nitrogens is 3. The lowest BCUT2D eigenvalue weighted by Crippen LogP contribution is -1.91. The summed E-state index contributed by atoms with van der Waals surface area (Å²) < 4.78 is 1.03. The SMILES string of the molecule is CNc1ccc2[nH]c(-c3cccc(Br)c3)nc2n1. The summed E-state index contributed by atoms with van der Waals surface area (Å²) in [4.78, 5) is 12.2. The van der Waals surface area contributed by atoms with E-state index >= 15 is 0 Å². The minimum atomic E-state index is 0.719. The Bertz CT molecular complexity index is 705. The summed E-state index contributed by atoms with van der Waals surface area (Å²) in [6, 6.07) is 11.9. The molecule has 0 spiro atoms. The van der Waals surface area contributed by atoms with Gasteiger partial charge in [-0.2, -0.15) is 0 Å². The van der Waals surface area contributed by atoms with Crippen molar-refractivity contribution in [1.29, 1.82) is 0 Å². The number of aromatic amines is 1. The summed E-state index contributed by atoms with van der Waals surface area (Å²) in [7, 11) is 1.84. The van der Waals surface area contributed by atoms with E-state index in [1.807, 2.05) is 43.4 Å². The molecule has 18 heavy (non-hydrogen) atoms. The highest BCUT2D eigenvalue weighted by atomic mass is 79.9. The molecule has 2 heterocycles. The minimum Gasteiger partial charge on any atom is -0.373 e. The summed E-state index contributed by atoms with van der Waals surface area (Å²) in [5.41, 5.74) is 2.69. The highest BCUT2D eigenvalue weighted by Crippen LogP contribution is 2.23. The van der Waals surface area contributed by atoms with E-state index in [0.29, 0.717) is 0 Å². The Morgan fingerprint density at radius 1 is 1.17 bits per heavy atom. The third-order valence-electron chi connectivity index (χ3n) is 2.70. The van der Waals surface area contributed by atoms with Gasteiger partial charge in [-0.25, -0.2) is 9.97 Å². The zero-order chi connectivity index (χ0) is 12.5. The largest absolute Gasteiger partial charge is 0.373 e. The van der Waals surface area contributed by atoms with Gasteiger partial charge in [-0.15, -0.1) is 0 Å². The second kappa shape index (κ2) is 4.42. The molecule has 3 rings (SSSR count). The summed E-state index contributed by atoms with van der Waals surface area (Å²) in [5.74, 6) is 1.64. The monoisotopic (exact) mass is 302 g/mol. The number of imidazole rings is 1. The predicted molar refractivity (Wildman–Crippen MR) is 76.6 cm³/mol. The molecule has 0 aliphatic heterocycles. The number of rotatable bonds is 2. The average Bonchev–Trinajstić information content (AvgIpc) is 2.81. The Kier molecular flexibility index (Phi) is 2.76. The van der Waals surface area contributed by atoms with Crippen LogP contribution in [0.3, 0.4) is 0 Å². The maximum Gasteiger partial charge on any atom is 0.180 e. The third kappa shape index (κ3) is 1.97. The number of halogens is 1. The molecule has 0 radical (unpaired) electrons. The highest BCUT2D eigenvalue weighted by Gasteiger charge is 2.06. The molecule has 5 heteroatoms. The maximum absolute atomic E-state index is 4.51. The van der Waals surface area contributed by atoms with Crippen LogP contribution in [-0.2, 0) is 0 Å². The van der Waals surface area contributed by atoms with Crippen molar-refractivity contribution in [2.24, 2.45) is 0 Å². The van der Waals surface area contributed by atoms with E-state index in [-0.39, 0.29) is 0 Å². The smallest absolute Gasteiger partial charge is 0.180 e. The molecule has 0 saturated carbocycles. The molecule has 0 unspecified atom stereocenters. The Morgan fingerprint density at radius 3 is 2.83 bits per heavy atom. The third-order valence-corrected chi connectivity index (χ3v) is 3.19. The molecule has 0 saturated heterocycles. The summed E-state index contributed by atoms with van der Waals surface area (Å²) in [6.07, 6.45) is 0. The number of hydrogen-bond acceptors (Lipinski definition) is 3. The van der Waals surface area contributed by atoms with Crippen LogP contribution in [0.15, 0.2) is 40.9 Å². The number of H-pyrrole nitrogens is 1. The summed E-state index contributed by atoms with van der Waals surface area (Å²) >= 11 is 3.46. The second-order valence-corrected chi connectivity index (χ2v) is 4.83. The molecular formula is C13H11BrN4. The van der Waals surface area contributed by atoms with Crippen molar-refractivity contribution in [3.63, 3.8) is 0 Å². The van der Waals surface area contributed by atoms with Gasteiger partial charge in [0, 0.05) is 17.1 Å². The van der Waals surface area contributed by atoms with Crippen molar-refractivity contribution < 1.29 is 0 Å². The van der Waals surface area contributed by atoms with Gasteiger partial charge in [-0.1, -0.05) is 28.1 Å². The minimum absolute atomic E-state index is 0.719. The first kappa shape index (κ1) is 11.2. The topological polar surface area (TPSA) is 53.6 Å². The van der Waals surface area contributed by atoms with E-state index < -0.39 is 0 Å². The van der Waals surface area contributed by atoms with Gasteiger partial charge in [0.15, 0.2) is 5.65 Å². The van der Waals surface area contributed by atoms with Crippen LogP contribution >= 0.6 is 15.9 Å². The fraction of sp³-hybridized carbons (Fsp3) is 0.0769. The number of nitrogens with one attached hydrogen (secondary N) is 2. The second-order valence-electron chi connectivity index (χ2n) is 3.91. The van der Waals surface area contributed by atoms with Gasteiger partial charge in [0.2, 0.25) is 0 Å². The lowest BCUT2D eigenvalue weighted by Gasteiger charge is -1.96. The lowest BCUT2D eigenvalue weighted by atomic mass is 10.2. The van der Waals surface area contributed by atoms with E-state index in [0.717, 1.165) is 32.8 Å². The van der Waals surface area contributed by atoms with Crippen molar-refractivity contribution in [1.82, 2.24) is 15.0 Å². The molecule has 3 aromatic rings. The fourth-order valence-electron chi connectivity index (χ4n) is 1.80. The van der Waals surface area contributed by atoms with Crippen molar-refractivity contribution in [3.8, 4) is 11.4 Å². The van der Waals surface area contributed by atoms with Crippen LogP contribution in [0.5, 0.6) is 0 Å². The van der Waals surface area contributed by atoms with Crippen molar-refractivity contribution in [2.45, 2.75) is 0 Å². The molecule has 4 nitrogen and oxygen atoms in total. The molecule has 0 amide bonds. The molecule has 90 valence electrons. The fourth-order valence-corrected chi connectivity index (χ4v) is 2.20. The van der Waals surface area contributed by atoms with Gasteiger partial charge in [-0.05, 0) is 24.3 Å². The maximum atomic E-state index is 4.51. The van der Waals surface area contributed by atoms with Crippen LogP contribution in [0.4, 0.5) is 5.82 Å². The first-order valence-corrected chi connectivity index (χ1v) is 6.36. The first-order valence-electron chi connectivity index (χ1n) is 5.57. The van der Waals surface area contributed by atoms with Gasteiger partial charge < -0.3 is 10.3 Å². The van der Waals surface area contributed by atoms with Crippen LogP contribution in [0.25, 0.3) is 22.6 Å². The lowest BCUT2D eigenvalue weighted by molar-refractivity contribution is 1.28. The standard InChI is InChI=1S/C13H11BrN4/c1-15-11-6-5-10-13(17-11)18-12(16-10)8-3-2-4-9(14)7-8/h2-7H,1H3,(H2,15,16,17,18). The number of benzene rings is 1. The van der Waals surface area contributed by atoms with Gasteiger partial charge in [0.05, 0.1) is 5.52 Å². The molecular weight excluding hydrogens is 292 g/mol. The molecule has 1 aromatic carbocycles. The van der Waals surface area contributed by atoms with Gasteiger partial charge in [0.1, 0.15) is 11.6 Å². The van der Waals surface area contributed by atoms with E-state index in [4.69, 9.17) is 0 Å². The van der Waals surface area contributed by atoms with Crippen LogP contribution in [0, 0.1) is 0 Å². The molecule has 0 bridgehead atoms. The summed E-state index contributed by atoms with van der Waals surface area (Å²) in [6.45, 7) is 0. The number of anilines is 1. The van der Waals surface area contributed by atoms with Gasteiger partial charge in [0.25, 0.3) is 0 Å². The van der Waals surface area contributed by atoms with Gasteiger partial charge >= 0.3 is 0 Å². The molecule has 2 aromatic heterocycles. The molecule has 0 atom stereocenters. The Labute approximate surface area is 113 Å². The van der Waals surface area contributed by atoms with Crippen LogP contribution in [0.2, 0.25) is 0 Å². The average molecular weight is 303 g/mol. The first-order chi connectivity index (χ1) is 8.76. The Balaban J connectivity index is 2.13. The number of pyridine rings is 1.